The van der Waals surface area contributed by atoms with Crippen molar-refractivity contribution < 1.29 is 0 Å². The lowest BCUT2D eigenvalue weighted by molar-refractivity contribution is 0.559. The number of anilines is 2. The molecule has 1 fully saturated rings. The molecule has 0 amide bonds. The van der Waals surface area contributed by atoms with E-state index in [1.807, 2.05) is 12.3 Å². The Morgan fingerprint density at radius 3 is 2.77 bits per heavy atom. The van der Waals surface area contributed by atoms with Gasteiger partial charge in [0.05, 0.1) is 23.1 Å². The summed E-state index contributed by atoms with van der Waals surface area (Å²) >= 11 is 0. The summed E-state index contributed by atoms with van der Waals surface area (Å²) in [5.41, 5.74) is 6.37. The lowest BCUT2D eigenvalue weighted by Gasteiger charge is -2.37. The zero-order valence-corrected chi connectivity index (χ0v) is 17.6. The van der Waals surface area contributed by atoms with Crippen molar-refractivity contribution in [1.82, 2.24) is 19.9 Å². The van der Waals surface area contributed by atoms with E-state index < -0.39 is 0 Å². The Labute approximate surface area is 176 Å². The Bertz CT molecular complexity index is 1120. The molecule has 5 heterocycles. The van der Waals surface area contributed by atoms with Gasteiger partial charge in [-0.15, -0.1) is 0 Å². The molecule has 1 saturated heterocycles. The van der Waals surface area contributed by atoms with Gasteiger partial charge in [-0.2, -0.15) is 10.4 Å². The van der Waals surface area contributed by atoms with Gasteiger partial charge >= 0.3 is 0 Å². The Morgan fingerprint density at radius 2 is 2.00 bits per heavy atom. The molecule has 30 heavy (non-hydrogen) atoms. The monoisotopic (exact) mass is 401 g/mol. The van der Waals surface area contributed by atoms with Crippen LogP contribution in [0, 0.1) is 18.3 Å². The second-order valence-electron chi connectivity index (χ2n) is 8.24. The van der Waals surface area contributed by atoms with Gasteiger partial charge in [0, 0.05) is 45.2 Å². The number of piperazine rings is 1. The SMILES string of the molecule is CC[C@@H]1CN(c2ccc(C#N)n3ncc(C)c23)Cc2ccc(N3CCNCC3)nc21. The fourth-order valence-electron chi connectivity index (χ4n) is 4.75. The average Bonchev–Trinajstić information content (AvgIpc) is 3.19. The number of hydrogen-bond donors (Lipinski definition) is 1. The molecular weight excluding hydrogens is 374 g/mol. The lowest BCUT2D eigenvalue weighted by atomic mass is 9.92. The molecule has 3 aromatic rings. The number of fused-ring (bicyclic) bond motifs is 2. The number of aromatic nitrogens is 3. The van der Waals surface area contributed by atoms with Crippen molar-refractivity contribution in [3.05, 3.63) is 53.0 Å². The topological polar surface area (TPSA) is 72.5 Å². The lowest BCUT2D eigenvalue weighted by Crippen LogP contribution is -2.44. The Balaban J connectivity index is 1.52. The molecule has 1 atom stereocenters. The molecule has 0 unspecified atom stereocenters. The number of hydrogen-bond acceptors (Lipinski definition) is 6. The van der Waals surface area contributed by atoms with Crippen molar-refractivity contribution in [2.75, 3.05) is 42.5 Å². The quantitative estimate of drug-likeness (QED) is 0.728. The van der Waals surface area contributed by atoms with Gasteiger partial charge in [-0.05, 0) is 42.7 Å². The van der Waals surface area contributed by atoms with Gasteiger partial charge in [0.25, 0.3) is 0 Å². The fraction of sp³-hybridized carbons (Fsp3) is 0.435. The molecule has 5 rings (SSSR count). The number of nitrogens with one attached hydrogen (secondary N) is 1. The number of pyridine rings is 2. The molecular formula is C23H27N7. The highest BCUT2D eigenvalue weighted by molar-refractivity contribution is 5.77. The maximum Gasteiger partial charge on any atom is 0.142 e. The molecule has 0 aliphatic carbocycles. The molecule has 0 radical (unpaired) electrons. The van der Waals surface area contributed by atoms with Gasteiger partial charge in [0.15, 0.2) is 0 Å². The first kappa shape index (κ1) is 18.9. The number of nitrogens with zero attached hydrogens (tertiary/aromatic N) is 6. The van der Waals surface area contributed by atoms with Crippen LogP contribution in [0.3, 0.4) is 0 Å². The number of rotatable bonds is 3. The molecule has 1 N–H and O–H groups in total. The first-order valence-electron chi connectivity index (χ1n) is 10.8. The van der Waals surface area contributed by atoms with E-state index in [-0.39, 0.29) is 0 Å². The van der Waals surface area contributed by atoms with Crippen molar-refractivity contribution in [1.29, 1.82) is 5.26 Å². The van der Waals surface area contributed by atoms with E-state index in [0.29, 0.717) is 11.6 Å². The van der Waals surface area contributed by atoms with E-state index in [4.69, 9.17) is 4.98 Å². The largest absolute Gasteiger partial charge is 0.365 e. The minimum Gasteiger partial charge on any atom is -0.365 e. The fourth-order valence-corrected chi connectivity index (χ4v) is 4.75. The maximum atomic E-state index is 9.45. The molecule has 0 aromatic carbocycles. The van der Waals surface area contributed by atoms with E-state index in [0.717, 1.165) is 68.3 Å². The van der Waals surface area contributed by atoms with Crippen molar-refractivity contribution in [3.8, 4) is 6.07 Å². The predicted octanol–water partition coefficient (Wildman–Crippen LogP) is 2.83. The molecule has 7 heteroatoms. The smallest absolute Gasteiger partial charge is 0.142 e. The Morgan fingerprint density at radius 1 is 1.17 bits per heavy atom. The molecule has 0 spiro atoms. The molecule has 2 aliphatic rings. The van der Waals surface area contributed by atoms with Gasteiger partial charge in [-0.3, -0.25) is 0 Å². The summed E-state index contributed by atoms with van der Waals surface area (Å²) in [5.74, 6) is 1.49. The van der Waals surface area contributed by atoms with E-state index in [1.165, 1.54) is 11.3 Å². The Kier molecular flexibility index (Phi) is 4.80. The van der Waals surface area contributed by atoms with Crippen molar-refractivity contribution in [2.45, 2.75) is 32.7 Å². The summed E-state index contributed by atoms with van der Waals surface area (Å²) in [6.45, 7) is 10.1. The highest BCUT2D eigenvalue weighted by Crippen LogP contribution is 2.36. The summed E-state index contributed by atoms with van der Waals surface area (Å²) < 4.78 is 1.77. The van der Waals surface area contributed by atoms with E-state index in [1.54, 1.807) is 4.52 Å². The first-order chi connectivity index (χ1) is 14.7. The van der Waals surface area contributed by atoms with E-state index >= 15 is 0 Å². The second-order valence-corrected chi connectivity index (χ2v) is 8.24. The van der Waals surface area contributed by atoms with E-state index in [2.05, 4.69) is 58.3 Å². The average molecular weight is 402 g/mol. The first-order valence-corrected chi connectivity index (χ1v) is 10.8. The highest BCUT2D eigenvalue weighted by atomic mass is 15.3. The second kappa shape index (κ2) is 7.62. The van der Waals surface area contributed by atoms with Crippen LogP contribution in [0.5, 0.6) is 0 Å². The minimum absolute atomic E-state index is 0.385. The zero-order chi connectivity index (χ0) is 20.7. The van der Waals surface area contributed by atoms with Gasteiger partial charge in [0.2, 0.25) is 0 Å². The third kappa shape index (κ3) is 3.08. The third-order valence-corrected chi connectivity index (χ3v) is 6.40. The molecule has 0 saturated carbocycles. The van der Waals surface area contributed by atoms with Crippen LogP contribution >= 0.6 is 0 Å². The summed E-state index contributed by atoms with van der Waals surface area (Å²) in [5, 5.41) is 17.3. The zero-order valence-electron chi connectivity index (χ0n) is 17.6. The van der Waals surface area contributed by atoms with Gasteiger partial charge in [-0.1, -0.05) is 13.0 Å². The van der Waals surface area contributed by atoms with Crippen LogP contribution in [-0.2, 0) is 6.54 Å². The van der Waals surface area contributed by atoms with E-state index in [9.17, 15) is 5.26 Å². The van der Waals surface area contributed by atoms with Gasteiger partial charge < -0.3 is 15.1 Å². The van der Waals surface area contributed by atoms with Crippen LogP contribution in [0.25, 0.3) is 5.52 Å². The van der Waals surface area contributed by atoms with Crippen molar-refractivity contribution in [2.24, 2.45) is 0 Å². The van der Waals surface area contributed by atoms with Crippen LogP contribution in [0.2, 0.25) is 0 Å². The molecule has 154 valence electrons. The molecule has 0 bridgehead atoms. The van der Waals surface area contributed by atoms with Crippen molar-refractivity contribution in [3.63, 3.8) is 0 Å². The summed E-state index contributed by atoms with van der Waals surface area (Å²) in [4.78, 5) is 9.93. The number of aryl methyl sites for hydroxylation is 1. The molecule has 7 nitrogen and oxygen atoms in total. The van der Waals surface area contributed by atoms with Crippen LogP contribution in [0.4, 0.5) is 11.5 Å². The minimum atomic E-state index is 0.385. The molecule has 2 aliphatic heterocycles. The third-order valence-electron chi connectivity index (χ3n) is 6.40. The Hall–Kier alpha value is -3.11. The predicted molar refractivity (Wildman–Crippen MR) is 118 cm³/mol. The van der Waals surface area contributed by atoms with Crippen LogP contribution in [0.15, 0.2) is 30.5 Å². The number of nitriles is 1. The van der Waals surface area contributed by atoms with Gasteiger partial charge in [-0.25, -0.2) is 9.50 Å². The van der Waals surface area contributed by atoms with Crippen LogP contribution in [0.1, 0.15) is 41.8 Å². The van der Waals surface area contributed by atoms with Crippen LogP contribution in [-0.4, -0.2) is 47.3 Å². The van der Waals surface area contributed by atoms with Crippen molar-refractivity contribution >= 4 is 17.0 Å². The summed E-state index contributed by atoms with van der Waals surface area (Å²) in [6, 6.07) is 10.6. The summed E-state index contributed by atoms with van der Waals surface area (Å²) in [6.07, 6.45) is 2.89. The van der Waals surface area contributed by atoms with Crippen LogP contribution < -0.4 is 15.1 Å². The van der Waals surface area contributed by atoms with Gasteiger partial charge in [0.1, 0.15) is 17.6 Å². The highest BCUT2D eigenvalue weighted by Gasteiger charge is 2.28. The normalized spacial score (nSPS) is 19.0. The maximum absolute atomic E-state index is 9.45. The molecule has 3 aromatic heterocycles. The summed E-state index contributed by atoms with van der Waals surface area (Å²) in [7, 11) is 0. The standard InChI is InChI=1S/C23H27N7/c1-3-17-14-29(20-6-5-19(12-24)30-23(20)16(2)13-26-30)15-18-4-7-21(27-22(17)18)28-10-8-25-9-11-28/h4-7,13,17,25H,3,8-11,14-15H2,1-2H3/t17-/m1/s1.